The molecule has 5 N–H and O–H groups in total. The van der Waals surface area contributed by atoms with Crippen LogP contribution in [0.3, 0.4) is 0 Å². The highest BCUT2D eigenvalue weighted by Gasteiger charge is 2.42. The predicted octanol–water partition coefficient (Wildman–Crippen LogP) is 7.44. The van der Waals surface area contributed by atoms with Crippen LogP contribution < -0.4 is 31.5 Å². The van der Waals surface area contributed by atoms with Crippen molar-refractivity contribution < 1.29 is 0 Å². The third-order valence-electron chi connectivity index (χ3n) is 11.3. The Labute approximate surface area is 301 Å². The van der Waals surface area contributed by atoms with E-state index in [-0.39, 0.29) is 33.2 Å². The molecule has 0 radical (unpaired) electrons. The van der Waals surface area contributed by atoms with E-state index in [1.807, 2.05) is 0 Å². The van der Waals surface area contributed by atoms with Gasteiger partial charge in [0.05, 0.1) is 0 Å². The highest BCUT2D eigenvalue weighted by atomic mass is 15.3. The molecule has 9 heteroatoms. The summed E-state index contributed by atoms with van der Waals surface area (Å²) >= 11 is 0. The van der Waals surface area contributed by atoms with Crippen molar-refractivity contribution in [1.29, 1.82) is 0 Å². The average Bonchev–Trinajstić information content (AvgIpc) is 2.90. The lowest BCUT2D eigenvalue weighted by molar-refractivity contribution is 0.0944. The summed E-state index contributed by atoms with van der Waals surface area (Å²) < 4.78 is 0. The van der Waals surface area contributed by atoms with Crippen LogP contribution in [0.5, 0.6) is 0 Å². The largest absolute Gasteiger partial charge is 0.354 e. The summed E-state index contributed by atoms with van der Waals surface area (Å²) in [6, 6.07) is 0.961. The van der Waals surface area contributed by atoms with Gasteiger partial charge in [-0.1, -0.05) is 26.2 Å². The summed E-state index contributed by atoms with van der Waals surface area (Å²) in [5, 5.41) is 19.1. The van der Waals surface area contributed by atoms with E-state index < -0.39 is 0 Å². The summed E-state index contributed by atoms with van der Waals surface area (Å²) in [5.74, 6) is 2.77. The van der Waals surface area contributed by atoms with Crippen LogP contribution in [-0.2, 0) is 0 Å². The number of piperidine rings is 3. The molecule has 0 bridgehead atoms. The molecule has 282 valence electrons. The zero-order valence-electron chi connectivity index (χ0n) is 34.1. The monoisotopic (exact) mass is 684 g/mol. The van der Waals surface area contributed by atoms with Gasteiger partial charge in [-0.3, -0.25) is 0 Å². The van der Waals surface area contributed by atoms with E-state index >= 15 is 0 Å². The third kappa shape index (κ3) is 12.6. The summed E-state index contributed by atoms with van der Waals surface area (Å²) in [6.07, 6.45) is 14.6. The van der Waals surface area contributed by atoms with Crippen molar-refractivity contribution >= 4 is 11.9 Å². The van der Waals surface area contributed by atoms with E-state index in [1.54, 1.807) is 6.33 Å². The van der Waals surface area contributed by atoms with Crippen molar-refractivity contribution in [3.8, 4) is 0 Å². The maximum atomic E-state index is 5.10. The molecule has 3 fully saturated rings. The van der Waals surface area contributed by atoms with Crippen molar-refractivity contribution in [2.45, 2.75) is 206 Å². The number of aromatic nitrogens is 3. The Morgan fingerprint density at radius 3 is 1.76 bits per heavy atom. The van der Waals surface area contributed by atoms with E-state index in [9.17, 15) is 0 Å². The van der Waals surface area contributed by atoms with Crippen molar-refractivity contribution in [1.82, 2.24) is 36.2 Å². The number of nitrogens with one attached hydrogen (secondary N) is 5. The predicted molar refractivity (Wildman–Crippen MR) is 209 cm³/mol. The second kappa shape index (κ2) is 15.6. The average molecular weight is 684 g/mol. The molecule has 1 aromatic heterocycles. The Balaban J connectivity index is 1.37. The van der Waals surface area contributed by atoms with E-state index in [1.165, 1.54) is 44.9 Å². The normalized spacial score (nSPS) is 25.5. The number of hydrogen-bond acceptors (Lipinski definition) is 9. The van der Waals surface area contributed by atoms with Gasteiger partial charge in [-0.15, -0.1) is 0 Å². The Hall–Kier alpha value is -1.55. The minimum Gasteiger partial charge on any atom is -0.354 e. The van der Waals surface area contributed by atoms with Crippen molar-refractivity contribution in [3.63, 3.8) is 0 Å². The van der Waals surface area contributed by atoms with Crippen LogP contribution in [0, 0.1) is 11.8 Å². The van der Waals surface area contributed by atoms with E-state index in [0.29, 0.717) is 29.9 Å². The SMILES string of the molecule is CCC(CNc1ncnc(N(CCCCCCNC2CC(C)(C)NC(C)(C)C2)C2CC(C)(C)NC(C)(C)C2)n1)C1CC(C)(C)NC(C)(C)C1. The molecule has 9 nitrogen and oxygen atoms in total. The first kappa shape index (κ1) is 40.2. The number of nitrogens with zero attached hydrogens (tertiary/aromatic N) is 4. The van der Waals surface area contributed by atoms with Gasteiger partial charge in [-0.2, -0.15) is 4.98 Å². The molecule has 3 aliphatic heterocycles. The zero-order chi connectivity index (χ0) is 36.3. The molecule has 49 heavy (non-hydrogen) atoms. The minimum atomic E-state index is 0.0486. The summed E-state index contributed by atoms with van der Waals surface area (Å²) in [4.78, 5) is 17.1. The van der Waals surface area contributed by atoms with Gasteiger partial charge in [0, 0.05) is 58.4 Å². The summed E-state index contributed by atoms with van der Waals surface area (Å²) in [5.41, 5.74) is 0.763. The molecule has 1 atom stereocenters. The lowest BCUT2D eigenvalue weighted by atomic mass is 9.70. The number of rotatable bonds is 15. The lowest BCUT2D eigenvalue weighted by Gasteiger charge is -2.49. The molecular weight excluding hydrogens is 607 g/mol. The van der Waals surface area contributed by atoms with E-state index in [0.717, 1.165) is 51.3 Å². The zero-order valence-corrected chi connectivity index (χ0v) is 34.1. The van der Waals surface area contributed by atoms with Crippen LogP contribution in [-0.4, -0.2) is 79.9 Å². The molecule has 3 aliphatic rings. The van der Waals surface area contributed by atoms with Crippen LogP contribution in [0.15, 0.2) is 6.33 Å². The summed E-state index contributed by atoms with van der Waals surface area (Å²) in [7, 11) is 0. The van der Waals surface area contributed by atoms with Gasteiger partial charge in [0.15, 0.2) is 0 Å². The molecule has 0 aromatic carbocycles. The summed E-state index contributed by atoms with van der Waals surface area (Å²) in [6.45, 7) is 33.4. The van der Waals surface area contributed by atoms with E-state index in [2.05, 4.69) is 126 Å². The maximum absolute atomic E-state index is 5.10. The number of unbranched alkanes of at least 4 members (excludes halogenated alkanes) is 3. The van der Waals surface area contributed by atoms with Crippen LogP contribution in [0.4, 0.5) is 11.9 Å². The van der Waals surface area contributed by atoms with Gasteiger partial charge in [0.25, 0.3) is 0 Å². The van der Waals surface area contributed by atoms with Gasteiger partial charge < -0.3 is 31.5 Å². The minimum absolute atomic E-state index is 0.0486. The second-order valence-corrected chi connectivity index (χ2v) is 20.2. The fraction of sp³-hybridized carbons (Fsp3) is 0.925. The van der Waals surface area contributed by atoms with Crippen LogP contribution in [0.25, 0.3) is 0 Å². The Kier molecular flexibility index (Phi) is 12.8. The van der Waals surface area contributed by atoms with Crippen molar-refractivity contribution in [3.05, 3.63) is 6.33 Å². The first-order chi connectivity index (χ1) is 22.6. The molecule has 1 unspecified atom stereocenters. The third-order valence-corrected chi connectivity index (χ3v) is 11.3. The maximum Gasteiger partial charge on any atom is 0.230 e. The van der Waals surface area contributed by atoms with Crippen LogP contribution in [0.1, 0.15) is 161 Å². The van der Waals surface area contributed by atoms with Gasteiger partial charge in [-0.25, -0.2) is 9.97 Å². The van der Waals surface area contributed by atoms with Gasteiger partial charge in [0.2, 0.25) is 11.9 Å². The Morgan fingerprint density at radius 1 is 0.694 bits per heavy atom. The molecule has 3 saturated heterocycles. The topological polar surface area (TPSA) is 102 Å². The molecule has 0 saturated carbocycles. The standard InChI is InChI=1S/C40H77N9/c1-14-29(30-21-35(2,3)46-36(4,5)22-30)27-42-33-43-28-44-34(45-33)49(32-25-39(10,11)48-40(12,13)26-32)20-18-16-15-17-19-41-31-23-37(6,7)47-38(8,9)24-31/h28-32,41,46-48H,14-27H2,1-13H3,(H,42,43,44,45). The highest BCUT2D eigenvalue weighted by Crippen LogP contribution is 2.38. The number of anilines is 2. The van der Waals surface area contributed by atoms with Gasteiger partial charge in [-0.05, 0) is 153 Å². The molecule has 0 spiro atoms. The fourth-order valence-electron chi connectivity index (χ4n) is 10.6. The second-order valence-electron chi connectivity index (χ2n) is 20.2. The van der Waals surface area contributed by atoms with Crippen molar-refractivity contribution in [2.24, 2.45) is 11.8 Å². The molecule has 4 heterocycles. The fourth-order valence-corrected chi connectivity index (χ4v) is 10.6. The lowest BCUT2D eigenvalue weighted by Crippen LogP contribution is -2.62. The molecular formula is C40H77N9. The molecule has 0 aliphatic carbocycles. The Morgan fingerprint density at radius 2 is 1.20 bits per heavy atom. The van der Waals surface area contributed by atoms with Crippen molar-refractivity contribution in [2.75, 3.05) is 29.9 Å². The number of hydrogen-bond donors (Lipinski definition) is 5. The molecule has 4 rings (SSSR count). The highest BCUT2D eigenvalue weighted by molar-refractivity contribution is 5.38. The van der Waals surface area contributed by atoms with Gasteiger partial charge >= 0.3 is 0 Å². The van der Waals surface area contributed by atoms with Crippen LogP contribution in [0.2, 0.25) is 0 Å². The smallest absolute Gasteiger partial charge is 0.230 e. The van der Waals surface area contributed by atoms with Crippen LogP contribution >= 0.6 is 0 Å². The Bertz CT molecular complexity index is 1140. The van der Waals surface area contributed by atoms with Gasteiger partial charge in [0.1, 0.15) is 6.33 Å². The first-order valence-electron chi connectivity index (χ1n) is 19.9. The molecule has 1 aromatic rings. The first-order valence-corrected chi connectivity index (χ1v) is 19.9. The van der Waals surface area contributed by atoms with E-state index in [4.69, 9.17) is 9.97 Å². The molecule has 0 amide bonds. The quantitative estimate of drug-likeness (QED) is 0.121.